The van der Waals surface area contributed by atoms with Gasteiger partial charge in [0.05, 0.1) is 19.4 Å². The van der Waals surface area contributed by atoms with Crippen molar-refractivity contribution in [2.75, 3.05) is 37.2 Å². The second kappa shape index (κ2) is 7.80. The average Bonchev–Trinajstić information content (AvgIpc) is 3.42. The number of rotatable bonds is 8. The standard InChI is InChI=1S/C18H23N5O4S/c1-26-15-11-14(13-23-8-4-5-19-23)12-16-17(15)18(20-27-16)21-28(24,25)10-9-22-6-2-3-7-22/h4-5,8,11-12H,2-3,6-7,9-10,13H2,1H3,(H,20,21). The highest BCUT2D eigenvalue weighted by atomic mass is 32.2. The van der Waals surface area contributed by atoms with Gasteiger partial charge in [0.15, 0.2) is 11.4 Å². The van der Waals surface area contributed by atoms with Crippen LogP contribution in [-0.2, 0) is 16.6 Å². The first-order chi connectivity index (χ1) is 13.5. The van der Waals surface area contributed by atoms with Crippen LogP contribution in [0.15, 0.2) is 35.1 Å². The summed E-state index contributed by atoms with van der Waals surface area (Å²) in [5.74, 6) is 0.665. The molecule has 0 radical (unpaired) electrons. The minimum absolute atomic E-state index is 0.0149. The first-order valence-corrected chi connectivity index (χ1v) is 10.9. The van der Waals surface area contributed by atoms with E-state index < -0.39 is 10.0 Å². The molecule has 0 spiro atoms. The molecular formula is C18H23N5O4S. The van der Waals surface area contributed by atoms with Crippen molar-refractivity contribution in [2.24, 2.45) is 0 Å². The molecule has 0 amide bonds. The Morgan fingerprint density at radius 1 is 1.29 bits per heavy atom. The summed E-state index contributed by atoms with van der Waals surface area (Å²) in [5.41, 5.74) is 1.37. The van der Waals surface area contributed by atoms with Crippen molar-refractivity contribution in [2.45, 2.75) is 19.4 Å². The molecule has 0 atom stereocenters. The third-order valence-electron chi connectivity index (χ3n) is 4.85. The van der Waals surface area contributed by atoms with E-state index in [-0.39, 0.29) is 11.6 Å². The highest BCUT2D eigenvalue weighted by Gasteiger charge is 2.22. The Balaban J connectivity index is 1.55. The van der Waals surface area contributed by atoms with Crippen LogP contribution in [0.4, 0.5) is 5.82 Å². The molecule has 9 nitrogen and oxygen atoms in total. The van der Waals surface area contributed by atoms with E-state index >= 15 is 0 Å². The van der Waals surface area contributed by atoms with E-state index in [9.17, 15) is 8.42 Å². The van der Waals surface area contributed by atoms with Crippen LogP contribution < -0.4 is 9.46 Å². The number of methoxy groups -OCH3 is 1. The fraction of sp³-hybridized carbons (Fsp3) is 0.444. The van der Waals surface area contributed by atoms with E-state index in [0.717, 1.165) is 31.5 Å². The van der Waals surface area contributed by atoms with Crippen molar-refractivity contribution in [1.82, 2.24) is 19.8 Å². The number of sulfonamides is 1. The molecule has 0 aliphatic carbocycles. The summed E-state index contributed by atoms with van der Waals surface area (Å²) in [6.07, 6.45) is 5.81. The molecule has 1 aliphatic heterocycles. The molecule has 150 valence electrons. The minimum Gasteiger partial charge on any atom is -0.496 e. The van der Waals surface area contributed by atoms with E-state index in [2.05, 4.69) is 19.9 Å². The van der Waals surface area contributed by atoms with Gasteiger partial charge < -0.3 is 14.2 Å². The maximum atomic E-state index is 12.5. The summed E-state index contributed by atoms with van der Waals surface area (Å²) in [5, 5.41) is 8.62. The third-order valence-corrected chi connectivity index (χ3v) is 6.07. The normalized spacial score (nSPS) is 15.3. The van der Waals surface area contributed by atoms with Crippen LogP contribution in [-0.4, -0.2) is 60.8 Å². The molecule has 1 aromatic carbocycles. The average molecular weight is 405 g/mol. The molecule has 0 bridgehead atoms. The number of benzene rings is 1. The lowest BCUT2D eigenvalue weighted by molar-refractivity contribution is 0.359. The fourth-order valence-electron chi connectivity index (χ4n) is 3.45. The lowest BCUT2D eigenvalue weighted by Gasteiger charge is -2.14. The number of ether oxygens (including phenoxy) is 1. The SMILES string of the molecule is COc1cc(Cn2cccn2)cc2onc(NS(=O)(=O)CCN3CCCC3)c12. The van der Waals surface area contributed by atoms with Crippen molar-refractivity contribution in [3.8, 4) is 5.75 Å². The van der Waals surface area contributed by atoms with Crippen molar-refractivity contribution < 1.29 is 17.7 Å². The maximum absolute atomic E-state index is 12.5. The van der Waals surface area contributed by atoms with E-state index in [4.69, 9.17) is 9.26 Å². The predicted octanol–water partition coefficient (Wildman–Crippen LogP) is 1.92. The summed E-state index contributed by atoms with van der Waals surface area (Å²) in [4.78, 5) is 2.16. The van der Waals surface area contributed by atoms with Gasteiger partial charge in [-0.25, -0.2) is 8.42 Å². The Morgan fingerprint density at radius 3 is 2.82 bits per heavy atom. The lowest BCUT2D eigenvalue weighted by Crippen LogP contribution is -2.29. The number of hydrogen-bond acceptors (Lipinski definition) is 7. The Hall–Kier alpha value is -2.59. The Morgan fingerprint density at radius 2 is 2.11 bits per heavy atom. The Labute approximate surface area is 163 Å². The van der Waals surface area contributed by atoms with Crippen molar-refractivity contribution >= 4 is 26.8 Å². The molecule has 4 rings (SSSR count). The molecule has 3 aromatic rings. The van der Waals surface area contributed by atoms with Gasteiger partial charge in [0.2, 0.25) is 10.0 Å². The van der Waals surface area contributed by atoms with Gasteiger partial charge in [-0.2, -0.15) is 5.10 Å². The number of fused-ring (bicyclic) bond motifs is 1. The van der Waals surface area contributed by atoms with Crippen LogP contribution in [0.2, 0.25) is 0 Å². The highest BCUT2D eigenvalue weighted by Crippen LogP contribution is 2.34. The topological polar surface area (TPSA) is 102 Å². The smallest absolute Gasteiger partial charge is 0.235 e. The Kier molecular flexibility index (Phi) is 5.23. The zero-order valence-electron chi connectivity index (χ0n) is 15.7. The second-order valence-electron chi connectivity index (χ2n) is 6.88. The van der Waals surface area contributed by atoms with Gasteiger partial charge in [-0.1, -0.05) is 5.16 Å². The van der Waals surface area contributed by atoms with Crippen LogP contribution in [0.1, 0.15) is 18.4 Å². The zero-order chi connectivity index (χ0) is 19.6. The molecule has 0 saturated carbocycles. The van der Waals surface area contributed by atoms with Crippen LogP contribution in [0.3, 0.4) is 0 Å². The van der Waals surface area contributed by atoms with Crippen molar-refractivity contribution in [3.05, 3.63) is 36.2 Å². The summed E-state index contributed by atoms with van der Waals surface area (Å²) >= 11 is 0. The quantitative estimate of drug-likeness (QED) is 0.611. The molecule has 1 saturated heterocycles. The van der Waals surface area contributed by atoms with Crippen molar-refractivity contribution in [1.29, 1.82) is 0 Å². The molecular weight excluding hydrogens is 382 g/mol. The number of nitrogens with one attached hydrogen (secondary N) is 1. The monoisotopic (exact) mass is 405 g/mol. The number of likely N-dealkylation sites (tertiary alicyclic amines) is 1. The summed E-state index contributed by atoms with van der Waals surface area (Å²) in [6, 6.07) is 5.50. The van der Waals surface area contributed by atoms with Gasteiger partial charge in [-0.05, 0) is 49.7 Å². The van der Waals surface area contributed by atoms with Gasteiger partial charge in [-0.15, -0.1) is 0 Å². The molecule has 1 aliphatic rings. The Bertz CT molecular complexity index is 1040. The first kappa shape index (κ1) is 18.8. The van der Waals surface area contributed by atoms with Crippen LogP contribution in [0, 0.1) is 0 Å². The van der Waals surface area contributed by atoms with Gasteiger partial charge >= 0.3 is 0 Å². The van der Waals surface area contributed by atoms with E-state index in [1.54, 1.807) is 10.9 Å². The predicted molar refractivity (Wildman–Crippen MR) is 105 cm³/mol. The minimum atomic E-state index is -3.54. The summed E-state index contributed by atoms with van der Waals surface area (Å²) in [7, 11) is -2.01. The highest BCUT2D eigenvalue weighted by molar-refractivity contribution is 7.92. The number of hydrogen-bond donors (Lipinski definition) is 1. The second-order valence-corrected chi connectivity index (χ2v) is 8.72. The van der Waals surface area contributed by atoms with Crippen LogP contribution in [0.5, 0.6) is 5.75 Å². The summed E-state index contributed by atoms with van der Waals surface area (Å²) < 4.78 is 40.2. The number of nitrogens with zero attached hydrogens (tertiary/aromatic N) is 4. The van der Waals surface area contributed by atoms with Gasteiger partial charge in [0.1, 0.15) is 11.1 Å². The van der Waals surface area contributed by atoms with Crippen LogP contribution in [0.25, 0.3) is 11.0 Å². The molecule has 28 heavy (non-hydrogen) atoms. The number of aromatic nitrogens is 3. The van der Waals surface area contributed by atoms with Crippen molar-refractivity contribution in [3.63, 3.8) is 0 Å². The zero-order valence-corrected chi connectivity index (χ0v) is 16.5. The van der Waals surface area contributed by atoms with Crippen LogP contribution >= 0.6 is 0 Å². The molecule has 0 unspecified atom stereocenters. The largest absolute Gasteiger partial charge is 0.496 e. The third kappa shape index (κ3) is 4.12. The number of anilines is 1. The lowest BCUT2D eigenvalue weighted by atomic mass is 10.1. The molecule has 10 heteroatoms. The fourth-order valence-corrected chi connectivity index (χ4v) is 4.48. The van der Waals surface area contributed by atoms with Gasteiger partial charge in [-0.3, -0.25) is 9.40 Å². The first-order valence-electron chi connectivity index (χ1n) is 9.21. The molecule has 3 heterocycles. The molecule has 2 aromatic heterocycles. The molecule has 1 N–H and O–H groups in total. The summed E-state index contributed by atoms with van der Waals surface area (Å²) in [6.45, 7) is 2.96. The molecule has 1 fully saturated rings. The van der Waals surface area contributed by atoms with Gasteiger partial charge in [0.25, 0.3) is 0 Å². The van der Waals surface area contributed by atoms with E-state index in [0.29, 0.717) is 29.8 Å². The van der Waals surface area contributed by atoms with E-state index in [1.165, 1.54) is 7.11 Å². The van der Waals surface area contributed by atoms with Gasteiger partial charge in [0, 0.05) is 18.9 Å². The maximum Gasteiger partial charge on any atom is 0.235 e. The van der Waals surface area contributed by atoms with E-state index in [1.807, 2.05) is 24.4 Å².